The molecule has 0 saturated heterocycles. The highest BCUT2D eigenvalue weighted by Crippen LogP contribution is 2.23. The first kappa shape index (κ1) is 20.5. The number of nitrogens with one attached hydrogen (secondary N) is 1. The molecule has 0 unspecified atom stereocenters. The van der Waals surface area contributed by atoms with Crippen LogP contribution in [0.3, 0.4) is 0 Å². The van der Waals surface area contributed by atoms with E-state index in [1.165, 1.54) is 0 Å². The van der Waals surface area contributed by atoms with Crippen molar-refractivity contribution in [2.24, 2.45) is 0 Å². The van der Waals surface area contributed by atoms with Crippen molar-refractivity contribution in [1.82, 2.24) is 9.88 Å². The van der Waals surface area contributed by atoms with Gasteiger partial charge in [0.2, 0.25) is 10.0 Å². The standard InChI is InChI=1S/C14H18FN3O4S.ClH/c1-23(20,21)17-8-11-6-13(22-18-11)9-2-4-10(5-3-9)14(19)12(16)7-15;/h2-6,12,14,17,19H,7-8,16H2,1H3;1H/t12-,14+;/m0./s1. The summed E-state index contributed by atoms with van der Waals surface area (Å²) in [5.41, 5.74) is 5.26. The molecule has 7 nitrogen and oxygen atoms in total. The lowest BCUT2D eigenvalue weighted by Crippen LogP contribution is -3.00. The molecule has 1 aromatic heterocycles. The van der Waals surface area contributed by atoms with Crippen LogP contribution < -0.4 is 22.9 Å². The number of quaternary nitrogens is 1. The SMILES string of the molecule is CS(=O)(=O)NCc1cc(-c2ccc([C@@H](O)[C@@H]([NH3+])CF)cc2)on1.[Cl-]. The molecule has 0 aliphatic rings. The van der Waals surface area contributed by atoms with Gasteiger partial charge in [0.15, 0.2) is 5.76 Å². The van der Waals surface area contributed by atoms with Crippen molar-refractivity contribution in [3.8, 4) is 11.3 Å². The number of rotatable bonds is 7. The molecule has 0 bridgehead atoms. The van der Waals surface area contributed by atoms with Gasteiger partial charge in [0.05, 0.1) is 18.5 Å². The molecular formula is C14H19ClFN3O4S. The largest absolute Gasteiger partial charge is 1.00 e. The first-order valence-electron chi connectivity index (χ1n) is 6.88. The summed E-state index contributed by atoms with van der Waals surface area (Å²) in [4.78, 5) is 0. The summed E-state index contributed by atoms with van der Waals surface area (Å²) in [6.07, 6.45) is 0.0870. The van der Waals surface area contributed by atoms with Crippen LogP contribution in [-0.2, 0) is 16.6 Å². The van der Waals surface area contributed by atoms with Crippen LogP contribution in [0.25, 0.3) is 11.3 Å². The van der Waals surface area contributed by atoms with Gasteiger partial charge in [0.25, 0.3) is 0 Å². The maximum Gasteiger partial charge on any atom is 0.209 e. The number of hydrogen-bond donors (Lipinski definition) is 3. The highest BCUT2D eigenvalue weighted by molar-refractivity contribution is 7.88. The molecular weight excluding hydrogens is 361 g/mol. The zero-order valence-corrected chi connectivity index (χ0v) is 14.5. The van der Waals surface area contributed by atoms with Crippen LogP contribution in [0.15, 0.2) is 34.9 Å². The number of sulfonamides is 1. The highest BCUT2D eigenvalue weighted by atomic mass is 35.5. The number of benzene rings is 1. The van der Waals surface area contributed by atoms with Crippen molar-refractivity contribution >= 4 is 10.0 Å². The van der Waals surface area contributed by atoms with Gasteiger partial charge in [-0.05, 0) is 5.56 Å². The van der Waals surface area contributed by atoms with E-state index in [-0.39, 0.29) is 19.0 Å². The van der Waals surface area contributed by atoms with Gasteiger partial charge >= 0.3 is 0 Å². The van der Waals surface area contributed by atoms with Crippen molar-refractivity contribution in [2.45, 2.75) is 18.7 Å². The topological polar surface area (TPSA) is 120 Å². The molecule has 0 aliphatic heterocycles. The van der Waals surface area contributed by atoms with Gasteiger partial charge in [-0.25, -0.2) is 17.5 Å². The van der Waals surface area contributed by atoms with Gasteiger partial charge in [-0.1, -0.05) is 29.4 Å². The maximum atomic E-state index is 12.5. The number of aromatic nitrogens is 1. The van der Waals surface area contributed by atoms with Gasteiger partial charge in [-0.3, -0.25) is 0 Å². The van der Waals surface area contributed by atoms with E-state index in [0.29, 0.717) is 22.6 Å². The van der Waals surface area contributed by atoms with Crippen LogP contribution in [0.1, 0.15) is 17.4 Å². The van der Waals surface area contributed by atoms with Gasteiger partial charge in [-0.15, -0.1) is 0 Å². The van der Waals surface area contributed by atoms with E-state index >= 15 is 0 Å². The average molecular weight is 380 g/mol. The van der Waals surface area contributed by atoms with Crippen LogP contribution in [0, 0.1) is 0 Å². The van der Waals surface area contributed by atoms with Crippen LogP contribution in [0.5, 0.6) is 0 Å². The third-order valence-electron chi connectivity index (χ3n) is 3.26. The fraction of sp³-hybridized carbons (Fsp3) is 0.357. The fourth-order valence-corrected chi connectivity index (χ4v) is 2.35. The minimum Gasteiger partial charge on any atom is -1.00 e. The molecule has 24 heavy (non-hydrogen) atoms. The quantitative estimate of drug-likeness (QED) is 0.474. The van der Waals surface area contributed by atoms with Crippen molar-refractivity contribution in [3.05, 3.63) is 41.6 Å². The predicted octanol–water partition coefficient (Wildman–Crippen LogP) is -2.99. The molecule has 1 aromatic carbocycles. The summed E-state index contributed by atoms with van der Waals surface area (Å²) in [5, 5.41) is 13.7. The van der Waals surface area contributed by atoms with Crippen LogP contribution in [-0.4, -0.2) is 37.7 Å². The van der Waals surface area contributed by atoms with Crippen molar-refractivity contribution in [2.75, 3.05) is 12.9 Å². The van der Waals surface area contributed by atoms with Crippen LogP contribution in [0.2, 0.25) is 0 Å². The second-order valence-electron chi connectivity index (χ2n) is 5.26. The summed E-state index contributed by atoms with van der Waals surface area (Å²) in [6, 6.07) is 7.63. The van der Waals surface area contributed by atoms with Gasteiger partial charge < -0.3 is 27.8 Å². The molecule has 2 atom stereocenters. The molecule has 0 amide bonds. The van der Waals surface area contributed by atoms with Crippen molar-refractivity contribution in [1.29, 1.82) is 0 Å². The molecule has 2 rings (SSSR count). The van der Waals surface area contributed by atoms with E-state index in [2.05, 4.69) is 15.6 Å². The second kappa shape index (κ2) is 8.54. The Hall–Kier alpha value is -1.52. The Bertz CT molecular complexity index is 752. The fourth-order valence-electron chi connectivity index (χ4n) is 1.94. The van der Waals surface area contributed by atoms with E-state index in [0.717, 1.165) is 6.26 Å². The highest BCUT2D eigenvalue weighted by Gasteiger charge is 2.20. The van der Waals surface area contributed by atoms with E-state index in [9.17, 15) is 17.9 Å². The van der Waals surface area contributed by atoms with Gasteiger partial charge in [-0.2, -0.15) is 0 Å². The zero-order valence-electron chi connectivity index (χ0n) is 12.9. The van der Waals surface area contributed by atoms with Gasteiger partial charge in [0.1, 0.15) is 18.8 Å². The molecule has 0 spiro atoms. The lowest BCUT2D eigenvalue weighted by Gasteiger charge is -2.13. The van der Waals surface area contributed by atoms with E-state index in [1.807, 2.05) is 0 Å². The Morgan fingerprint density at radius 2 is 2.00 bits per heavy atom. The normalized spacial score (nSPS) is 14.0. The number of aliphatic hydroxyl groups is 1. The molecule has 0 radical (unpaired) electrons. The van der Waals surface area contributed by atoms with Gasteiger partial charge in [0, 0.05) is 11.6 Å². The summed E-state index contributed by atoms with van der Waals surface area (Å²) in [6.45, 7) is -0.666. The molecule has 1 heterocycles. The Kier molecular flexibility index (Phi) is 7.30. The number of alkyl halides is 1. The number of halogens is 2. The van der Waals surface area contributed by atoms with Crippen molar-refractivity contribution < 1.29 is 40.6 Å². The molecule has 10 heteroatoms. The Balaban J connectivity index is 0.00000288. The minimum atomic E-state index is -3.30. The predicted molar refractivity (Wildman–Crippen MR) is 81.2 cm³/mol. The molecule has 134 valence electrons. The first-order chi connectivity index (χ1) is 10.8. The average Bonchev–Trinajstić information content (AvgIpc) is 3.00. The third-order valence-corrected chi connectivity index (χ3v) is 3.92. The van der Waals surface area contributed by atoms with Crippen molar-refractivity contribution in [3.63, 3.8) is 0 Å². The lowest BCUT2D eigenvalue weighted by molar-refractivity contribution is -0.441. The number of nitrogens with zero attached hydrogens (tertiary/aromatic N) is 1. The molecule has 0 aliphatic carbocycles. The van der Waals surface area contributed by atoms with E-state index < -0.39 is 28.8 Å². The molecule has 5 N–H and O–H groups in total. The summed E-state index contributed by atoms with van der Waals surface area (Å²) in [7, 11) is -3.30. The minimum absolute atomic E-state index is 0. The van der Waals surface area contributed by atoms with E-state index in [1.54, 1.807) is 30.3 Å². The van der Waals surface area contributed by atoms with Crippen LogP contribution in [0.4, 0.5) is 4.39 Å². The molecule has 0 saturated carbocycles. The zero-order chi connectivity index (χ0) is 17.0. The molecule has 2 aromatic rings. The Morgan fingerprint density at radius 3 is 2.54 bits per heavy atom. The Morgan fingerprint density at radius 1 is 1.38 bits per heavy atom. The first-order valence-corrected chi connectivity index (χ1v) is 8.77. The smallest absolute Gasteiger partial charge is 0.209 e. The van der Waals surface area contributed by atoms with E-state index in [4.69, 9.17) is 4.52 Å². The number of hydrogen-bond acceptors (Lipinski definition) is 5. The third kappa shape index (κ3) is 5.53. The number of aliphatic hydroxyl groups excluding tert-OH is 1. The monoisotopic (exact) mass is 379 g/mol. The van der Waals surface area contributed by atoms with Crippen LogP contribution >= 0.6 is 0 Å². The molecule has 0 fully saturated rings. The summed E-state index contributed by atoms with van der Waals surface area (Å²) < 4.78 is 42.1. The second-order valence-corrected chi connectivity index (χ2v) is 7.09. The summed E-state index contributed by atoms with van der Waals surface area (Å²) in [5.74, 6) is 0.466. The maximum absolute atomic E-state index is 12.5. The summed E-state index contributed by atoms with van der Waals surface area (Å²) >= 11 is 0. The Labute approximate surface area is 145 Å². The lowest BCUT2D eigenvalue weighted by atomic mass is 10.0.